The Morgan fingerprint density at radius 3 is 2.67 bits per heavy atom. The number of hydrogen-bond donors (Lipinski definition) is 2. The zero-order chi connectivity index (χ0) is 17.1. The van der Waals surface area contributed by atoms with E-state index in [2.05, 4.69) is 24.1 Å². The van der Waals surface area contributed by atoms with Crippen LogP contribution in [0, 0.1) is 0 Å². The van der Waals surface area contributed by atoms with Crippen molar-refractivity contribution < 1.29 is 9.84 Å². The zero-order valence-electron chi connectivity index (χ0n) is 14.7. The molecule has 0 saturated carbocycles. The standard InChI is InChI=1S/C18H26N4O2/c1-4-12(2)19-17-13-10-15(23)16(24-3)11-14(13)20-18(21-17)22-8-6-5-7-9-22/h10-12,23H,4-9H2,1-3H3,(H,19,20,21). The lowest BCUT2D eigenvalue weighted by Crippen LogP contribution is -2.31. The second kappa shape index (κ2) is 7.11. The molecule has 1 aromatic carbocycles. The molecule has 6 heteroatoms. The van der Waals surface area contributed by atoms with Gasteiger partial charge >= 0.3 is 0 Å². The normalized spacial score (nSPS) is 16.2. The number of phenolic OH excluding ortho intramolecular Hbond substituents is 1. The van der Waals surface area contributed by atoms with Crippen molar-refractivity contribution in [2.24, 2.45) is 0 Å². The molecular weight excluding hydrogens is 304 g/mol. The van der Waals surface area contributed by atoms with Crippen molar-refractivity contribution in [3.05, 3.63) is 12.1 Å². The number of fused-ring (bicyclic) bond motifs is 1. The van der Waals surface area contributed by atoms with E-state index >= 15 is 0 Å². The average Bonchev–Trinajstić information content (AvgIpc) is 2.62. The van der Waals surface area contributed by atoms with Crippen molar-refractivity contribution in [1.29, 1.82) is 0 Å². The van der Waals surface area contributed by atoms with Crippen LogP contribution < -0.4 is 15.0 Å². The fraction of sp³-hybridized carbons (Fsp3) is 0.556. The second-order valence-corrected chi connectivity index (χ2v) is 6.41. The SMILES string of the molecule is CCC(C)Nc1nc(N2CCCCC2)nc2cc(OC)c(O)cc12. The number of anilines is 2. The Bertz CT molecular complexity index is 714. The molecule has 1 unspecified atom stereocenters. The van der Waals surface area contributed by atoms with Gasteiger partial charge in [-0.25, -0.2) is 4.98 Å². The fourth-order valence-electron chi connectivity index (χ4n) is 2.98. The molecule has 2 N–H and O–H groups in total. The molecule has 1 fully saturated rings. The third-order valence-corrected chi connectivity index (χ3v) is 4.62. The van der Waals surface area contributed by atoms with Crippen LogP contribution >= 0.6 is 0 Å². The van der Waals surface area contributed by atoms with Crippen molar-refractivity contribution in [3.63, 3.8) is 0 Å². The second-order valence-electron chi connectivity index (χ2n) is 6.41. The summed E-state index contributed by atoms with van der Waals surface area (Å²) in [6, 6.07) is 3.75. The maximum Gasteiger partial charge on any atom is 0.227 e. The first-order chi connectivity index (χ1) is 11.6. The molecule has 2 aromatic rings. The van der Waals surface area contributed by atoms with Gasteiger partial charge in [0.2, 0.25) is 5.95 Å². The summed E-state index contributed by atoms with van der Waals surface area (Å²) in [7, 11) is 1.55. The zero-order valence-corrected chi connectivity index (χ0v) is 14.7. The van der Waals surface area contributed by atoms with Crippen molar-refractivity contribution >= 4 is 22.7 Å². The highest BCUT2D eigenvalue weighted by Gasteiger charge is 2.18. The van der Waals surface area contributed by atoms with E-state index in [-0.39, 0.29) is 5.75 Å². The van der Waals surface area contributed by atoms with Crippen LogP contribution in [-0.2, 0) is 0 Å². The van der Waals surface area contributed by atoms with Crippen molar-refractivity contribution in [2.75, 3.05) is 30.4 Å². The maximum atomic E-state index is 10.1. The summed E-state index contributed by atoms with van der Waals surface area (Å²) in [5.41, 5.74) is 0.783. The molecular formula is C18H26N4O2. The van der Waals surface area contributed by atoms with E-state index < -0.39 is 0 Å². The molecule has 1 atom stereocenters. The number of piperidine rings is 1. The minimum absolute atomic E-state index is 0.103. The van der Waals surface area contributed by atoms with Crippen LogP contribution in [0.3, 0.4) is 0 Å². The molecule has 1 aliphatic rings. The lowest BCUT2D eigenvalue weighted by Gasteiger charge is -2.27. The summed E-state index contributed by atoms with van der Waals surface area (Å²) in [6.45, 7) is 6.23. The van der Waals surface area contributed by atoms with Crippen LogP contribution in [0.5, 0.6) is 11.5 Å². The van der Waals surface area contributed by atoms with E-state index in [0.717, 1.165) is 42.2 Å². The number of ether oxygens (including phenoxy) is 1. The Kier molecular flexibility index (Phi) is 4.92. The molecule has 1 aliphatic heterocycles. The third-order valence-electron chi connectivity index (χ3n) is 4.62. The molecule has 0 bridgehead atoms. The number of nitrogens with zero attached hydrogens (tertiary/aromatic N) is 3. The Morgan fingerprint density at radius 1 is 1.25 bits per heavy atom. The number of phenols is 1. The smallest absolute Gasteiger partial charge is 0.227 e. The number of benzene rings is 1. The molecule has 6 nitrogen and oxygen atoms in total. The summed E-state index contributed by atoms with van der Waals surface area (Å²) in [4.78, 5) is 11.7. The average molecular weight is 330 g/mol. The predicted octanol–water partition coefficient (Wildman–Crippen LogP) is 3.54. The Balaban J connectivity index is 2.10. The van der Waals surface area contributed by atoms with Gasteiger partial charge in [-0.3, -0.25) is 0 Å². The van der Waals surface area contributed by atoms with E-state index in [0.29, 0.717) is 11.8 Å². The number of rotatable bonds is 5. The van der Waals surface area contributed by atoms with Gasteiger partial charge in [0.1, 0.15) is 5.82 Å². The lowest BCUT2D eigenvalue weighted by molar-refractivity contribution is 0.374. The van der Waals surface area contributed by atoms with Gasteiger partial charge in [0.25, 0.3) is 0 Å². The number of methoxy groups -OCH3 is 1. The van der Waals surface area contributed by atoms with Gasteiger partial charge < -0.3 is 20.1 Å². The first kappa shape index (κ1) is 16.6. The number of nitrogens with one attached hydrogen (secondary N) is 1. The summed E-state index contributed by atoms with van der Waals surface area (Å²) in [5.74, 6) is 2.06. The van der Waals surface area contributed by atoms with E-state index in [1.54, 1.807) is 19.2 Å². The molecule has 24 heavy (non-hydrogen) atoms. The fourth-order valence-corrected chi connectivity index (χ4v) is 2.98. The predicted molar refractivity (Wildman–Crippen MR) is 97.2 cm³/mol. The van der Waals surface area contributed by atoms with E-state index in [1.165, 1.54) is 19.3 Å². The van der Waals surface area contributed by atoms with Gasteiger partial charge in [-0.15, -0.1) is 0 Å². The molecule has 130 valence electrons. The highest BCUT2D eigenvalue weighted by atomic mass is 16.5. The van der Waals surface area contributed by atoms with Gasteiger partial charge in [0, 0.05) is 30.6 Å². The largest absolute Gasteiger partial charge is 0.504 e. The molecule has 1 aromatic heterocycles. The summed E-state index contributed by atoms with van der Waals surface area (Å²) in [6.07, 6.45) is 4.61. The topological polar surface area (TPSA) is 70.5 Å². The van der Waals surface area contributed by atoms with Gasteiger partial charge in [0.05, 0.1) is 12.6 Å². The van der Waals surface area contributed by atoms with E-state index in [9.17, 15) is 5.11 Å². The molecule has 1 saturated heterocycles. The monoisotopic (exact) mass is 330 g/mol. The van der Waals surface area contributed by atoms with Gasteiger partial charge in [-0.1, -0.05) is 6.92 Å². The summed E-state index contributed by atoms with van der Waals surface area (Å²) >= 11 is 0. The van der Waals surface area contributed by atoms with Gasteiger partial charge in [0.15, 0.2) is 11.5 Å². The Hall–Kier alpha value is -2.24. The van der Waals surface area contributed by atoms with Gasteiger partial charge in [-0.2, -0.15) is 4.98 Å². The quantitative estimate of drug-likeness (QED) is 0.874. The number of aromatic hydroxyl groups is 1. The van der Waals surface area contributed by atoms with Gasteiger partial charge in [-0.05, 0) is 38.7 Å². The van der Waals surface area contributed by atoms with Crippen LogP contribution in [0.1, 0.15) is 39.5 Å². The first-order valence-corrected chi connectivity index (χ1v) is 8.72. The van der Waals surface area contributed by atoms with Crippen LogP contribution in [0.15, 0.2) is 12.1 Å². The number of aromatic nitrogens is 2. The highest BCUT2D eigenvalue weighted by molar-refractivity contribution is 5.92. The molecule has 0 amide bonds. The first-order valence-electron chi connectivity index (χ1n) is 8.72. The lowest BCUT2D eigenvalue weighted by atomic mass is 10.1. The molecule has 0 radical (unpaired) electrons. The van der Waals surface area contributed by atoms with Crippen LogP contribution in [0.25, 0.3) is 10.9 Å². The molecule has 0 spiro atoms. The minimum atomic E-state index is 0.103. The summed E-state index contributed by atoms with van der Waals surface area (Å²) in [5, 5.41) is 14.4. The van der Waals surface area contributed by atoms with Crippen LogP contribution in [0.2, 0.25) is 0 Å². The van der Waals surface area contributed by atoms with E-state index in [1.807, 2.05) is 0 Å². The Labute approximate surface area is 142 Å². The maximum absolute atomic E-state index is 10.1. The summed E-state index contributed by atoms with van der Waals surface area (Å²) < 4.78 is 5.24. The third kappa shape index (κ3) is 3.32. The minimum Gasteiger partial charge on any atom is -0.504 e. The van der Waals surface area contributed by atoms with Crippen LogP contribution in [-0.4, -0.2) is 41.3 Å². The van der Waals surface area contributed by atoms with E-state index in [4.69, 9.17) is 14.7 Å². The highest BCUT2D eigenvalue weighted by Crippen LogP contribution is 2.34. The van der Waals surface area contributed by atoms with Crippen molar-refractivity contribution in [1.82, 2.24) is 9.97 Å². The Morgan fingerprint density at radius 2 is 2.00 bits per heavy atom. The molecule has 3 rings (SSSR count). The molecule has 0 aliphatic carbocycles. The number of hydrogen-bond acceptors (Lipinski definition) is 6. The van der Waals surface area contributed by atoms with Crippen LogP contribution in [0.4, 0.5) is 11.8 Å². The molecule has 2 heterocycles. The van der Waals surface area contributed by atoms with Crippen molar-refractivity contribution in [2.45, 2.75) is 45.6 Å². The van der Waals surface area contributed by atoms with Crippen molar-refractivity contribution in [3.8, 4) is 11.5 Å².